The van der Waals surface area contributed by atoms with E-state index in [2.05, 4.69) is 10.3 Å². The van der Waals surface area contributed by atoms with Crippen LogP contribution in [0.1, 0.15) is 52.9 Å². The number of aliphatic hydroxyl groups is 1. The highest BCUT2D eigenvalue weighted by Crippen LogP contribution is 2.51. The van der Waals surface area contributed by atoms with E-state index in [0.29, 0.717) is 11.1 Å². The normalized spacial score (nSPS) is 22.2. The first-order chi connectivity index (χ1) is 23.6. The Bertz CT molecular complexity index is 1940. The van der Waals surface area contributed by atoms with E-state index in [0.717, 1.165) is 5.56 Å². The van der Waals surface area contributed by atoms with Crippen molar-refractivity contribution in [1.29, 1.82) is 5.26 Å². The molecular formula is C36H31N3O10. The number of ether oxygens (including phenoxy) is 4. The van der Waals surface area contributed by atoms with E-state index in [1.54, 1.807) is 49.5 Å². The second-order valence-electron chi connectivity index (χ2n) is 11.8. The summed E-state index contributed by atoms with van der Waals surface area (Å²) in [4.78, 5) is 55.7. The fraction of sp³-hybridized carbons (Fsp3) is 0.278. The highest BCUT2D eigenvalue weighted by atomic mass is 16.6. The number of nitrogens with zero attached hydrogens (tertiary/aromatic N) is 2. The van der Waals surface area contributed by atoms with Crippen molar-refractivity contribution in [2.24, 2.45) is 5.92 Å². The van der Waals surface area contributed by atoms with Gasteiger partial charge in [0.2, 0.25) is 0 Å². The molecule has 0 spiro atoms. The van der Waals surface area contributed by atoms with Gasteiger partial charge in [-0.1, -0.05) is 30.3 Å². The fourth-order valence-corrected chi connectivity index (χ4v) is 6.12. The maximum absolute atomic E-state index is 13.4. The zero-order chi connectivity index (χ0) is 34.5. The molecule has 13 heteroatoms. The van der Waals surface area contributed by atoms with Crippen LogP contribution in [0.25, 0.3) is 11.3 Å². The molecule has 250 valence electrons. The number of amides is 1. The number of esters is 2. The number of nitriles is 1. The molecule has 2 unspecified atom stereocenters. The van der Waals surface area contributed by atoms with Gasteiger partial charge in [-0.05, 0) is 55.3 Å². The van der Waals surface area contributed by atoms with Crippen molar-refractivity contribution in [2.75, 3.05) is 6.54 Å². The molecule has 2 aliphatic rings. The van der Waals surface area contributed by atoms with Crippen molar-refractivity contribution in [3.8, 4) is 23.1 Å². The van der Waals surface area contributed by atoms with E-state index in [9.17, 15) is 24.3 Å². The van der Waals surface area contributed by atoms with Gasteiger partial charge in [-0.3, -0.25) is 9.78 Å². The number of fused-ring (bicyclic) bond motifs is 2. The van der Waals surface area contributed by atoms with Crippen molar-refractivity contribution in [1.82, 2.24) is 10.3 Å². The SMILES string of the molecule is C[C@@]12Oc3cc(-c4cccnc4)oc(=O)c3C(O)C1C[C@@H](OC(=O)CNC(=O)OCc1ccccc1)C[C@H]2OC(=O)c1ccc(C#N)cc1. The summed E-state index contributed by atoms with van der Waals surface area (Å²) >= 11 is 0. The molecule has 4 aromatic rings. The average molecular weight is 666 g/mol. The van der Waals surface area contributed by atoms with Crippen LogP contribution in [0.5, 0.6) is 5.75 Å². The highest BCUT2D eigenvalue weighted by molar-refractivity contribution is 5.89. The third kappa shape index (κ3) is 7.14. The van der Waals surface area contributed by atoms with Gasteiger partial charge in [-0.15, -0.1) is 0 Å². The highest BCUT2D eigenvalue weighted by Gasteiger charge is 2.58. The summed E-state index contributed by atoms with van der Waals surface area (Å²) in [5, 5.41) is 23.1. The second kappa shape index (κ2) is 14.0. The molecule has 1 saturated carbocycles. The molecule has 5 atom stereocenters. The predicted molar refractivity (Wildman–Crippen MR) is 170 cm³/mol. The fourth-order valence-electron chi connectivity index (χ4n) is 6.12. The van der Waals surface area contributed by atoms with Gasteiger partial charge in [0.15, 0.2) is 0 Å². The Morgan fingerprint density at radius 3 is 2.55 bits per heavy atom. The maximum atomic E-state index is 13.4. The van der Waals surface area contributed by atoms with Gasteiger partial charge in [0.05, 0.1) is 23.3 Å². The Hall–Kier alpha value is -6.00. The summed E-state index contributed by atoms with van der Waals surface area (Å²) in [6, 6.07) is 21.7. The first-order valence-corrected chi connectivity index (χ1v) is 15.5. The Labute approximate surface area is 280 Å². The Morgan fingerprint density at radius 2 is 1.84 bits per heavy atom. The third-order valence-corrected chi connectivity index (χ3v) is 8.66. The van der Waals surface area contributed by atoms with Crippen LogP contribution in [-0.4, -0.2) is 52.5 Å². The standard InChI is InChI=1S/C36H31N3O10/c1-36-26(32(41)31-28(49-36)16-27(47-34(31)43)24-8-5-13-38-18-24)14-25(15-29(36)48-33(42)23-11-9-21(17-37)10-12-23)46-30(40)19-39-35(44)45-20-22-6-3-2-4-7-22/h2-13,16,18,25-26,29,32,41H,14-15,19-20H2,1H3,(H,39,44)/t25-,26?,29-,32?,36-/m1/s1. The van der Waals surface area contributed by atoms with Crippen LogP contribution >= 0.6 is 0 Å². The first kappa shape index (κ1) is 32.9. The van der Waals surface area contributed by atoms with E-state index >= 15 is 0 Å². The monoisotopic (exact) mass is 665 g/mol. The lowest BCUT2D eigenvalue weighted by Crippen LogP contribution is -2.62. The van der Waals surface area contributed by atoms with Crippen LogP contribution in [0.4, 0.5) is 4.79 Å². The van der Waals surface area contributed by atoms with Crippen LogP contribution in [0.15, 0.2) is 94.4 Å². The van der Waals surface area contributed by atoms with Gasteiger partial charge in [0, 0.05) is 36.4 Å². The summed E-state index contributed by atoms with van der Waals surface area (Å²) in [5.41, 5.74) is -0.556. The summed E-state index contributed by atoms with van der Waals surface area (Å²) in [7, 11) is 0. The largest absolute Gasteiger partial charge is 0.482 e. The van der Waals surface area contributed by atoms with Gasteiger partial charge in [-0.2, -0.15) is 5.26 Å². The molecule has 2 N–H and O–H groups in total. The summed E-state index contributed by atoms with van der Waals surface area (Å²) in [5.74, 6) is -2.23. The van der Waals surface area contributed by atoms with Crippen molar-refractivity contribution >= 4 is 18.0 Å². The zero-order valence-electron chi connectivity index (χ0n) is 26.2. The van der Waals surface area contributed by atoms with E-state index in [1.807, 2.05) is 12.1 Å². The van der Waals surface area contributed by atoms with Crippen LogP contribution in [-0.2, 0) is 25.6 Å². The van der Waals surface area contributed by atoms with E-state index < -0.39 is 60.0 Å². The van der Waals surface area contributed by atoms with Crippen LogP contribution in [0.2, 0.25) is 0 Å². The molecule has 0 bridgehead atoms. The molecule has 0 radical (unpaired) electrons. The third-order valence-electron chi connectivity index (χ3n) is 8.66. The summed E-state index contributed by atoms with van der Waals surface area (Å²) in [6.07, 6.45) is -1.20. The summed E-state index contributed by atoms with van der Waals surface area (Å²) in [6.45, 7) is 1.15. The molecule has 1 amide bonds. The van der Waals surface area contributed by atoms with Crippen LogP contribution < -0.4 is 15.7 Å². The van der Waals surface area contributed by atoms with Crippen molar-refractivity contribution in [3.05, 3.63) is 118 Å². The maximum Gasteiger partial charge on any atom is 0.407 e. The molecule has 1 aliphatic carbocycles. The van der Waals surface area contributed by atoms with Gasteiger partial charge >= 0.3 is 23.7 Å². The number of benzene rings is 2. The topological polar surface area (TPSA) is 187 Å². The number of aliphatic hydroxyl groups excluding tert-OH is 1. The molecule has 6 rings (SSSR count). The number of nitrogens with one attached hydrogen (secondary N) is 1. The Morgan fingerprint density at radius 1 is 1.06 bits per heavy atom. The van der Waals surface area contributed by atoms with Crippen molar-refractivity contribution in [2.45, 2.75) is 50.3 Å². The van der Waals surface area contributed by atoms with Crippen LogP contribution in [0.3, 0.4) is 0 Å². The predicted octanol–water partition coefficient (Wildman–Crippen LogP) is 4.23. The number of alkyl carbamates (subject to hydrolysis) is 1. The Kier molecular flexibility index (Phi) is 9.41. The lowest BCUT2D eigenvalue weighted by atomic mass is 9.67. The van der Waals surface area contributed by atoms with E-state index in [1.165, 1.54) is 36.5 Å². The number of pyridine rings is 1. The second-order valence-corrected chi connectivity index (χ2v) is 11.8. The molecule has 2 aromatic carbocycles. The van der Waals surface area contributed by atoms with Crippen LogP contribution in [0, 0.1) is 17.2 Å². The quantitative estimate of drug-likeness (QED) is 0.202. The summed E-state index contributed by atoms with van der Waals surface area (Å²) < 4.78 is 28.8. The van der Waals surface area contributed by atoms with Gasteiger partial charge in [-0.25, -0.2) is 14.4 Å². The number of carbonyl (C=O) groups excluding carboxylic acids is 3. The number of aromatic nitrogens is 1. The molecule has 0 saturated heterocycles. The molecule has 3 heterocycles. The molecule has 1 aliphatic heterocycles. The van der Waals surface area contributed by atoms with Gasteiger partial charge < -0.3 is 33.8 Å². The van der Waals surface area contributed by atoms with Gasteiger partial charge in [0.25, 0.3) is 0 Å². The molecular weight excluding hydrogens is 634 g/mol. The minimum Gasteiger partial charge on any atom is -0.482 e. The minimum absolute atomic E-state index is 0.00791. The lowest BCUT2D eigenvalue weighted by Gasteiger charge is -2.52. The minimum atomic E-state index is -1.45. The number of hydrogen-bond donors (Lipinski definition) is 2. The average Bonchev–Trinajstić information content (AvgIpc) is 3.11. The van der Waals surface area contributed by atoms with E-state index in [-0.39, 0.29) is 42.1 Å². The number of carbonyl (C=O) groups is 3. The molecule has 2 aromatic heterocycles. The smallest absolute Gasteiger partial charge is 0.407 e. The molecule has 13 nitrogen and oxygen atoms in total. The van der Waals surface area contributed by atoms with Crippen molar-refractivity contribution in [3.63, 3.8) is 0 Å². The number of hydrogen-bond acceptors (Lipinski definition) is 12. The van der Waals surface area contributed by atoms with E-state index in [4.69, 9.17) is 28.6 Å². The molecule has 49 heavy (non-hydrogen) atoms. The number of rotatable bonds is 8. The lowest BCUT2D eigenvalue weighted by molar-refractivity contribution is -0.189. The molecule has 1 fully saturated rings. The van der Waals surface area contributed by atoms with Gasteiger partial charge in [0.1, 0.15) is 48.0 Å². The van der Waals surface area contributed by atoms with Crippen molar-refractivity contribution < 1.29 is 42.9 Å². The first-order valence-electron chi connectivity index (χ1n) is 15.5. The Balaban J connectivity index is 1.22. The zero-order valence-corrected chi connectivity index (χ0v) is 26.2.